The van der Waals surface area contributed by atoms with Crippen molar-refractivity contribution in [1.82, 2.24) is 0 Å². The van der Waals surface area contributed by atoms with Crippen LogP contribution < -0.4 is 4.74 Å². The molecular weight excluding hydrogens is 276 g/mol. The first-order valence-corrected chi connectivity index (χ1v) is 6.53. The molecule has 0 aliphatic rings. The average Bonchev–Trinajstić information content (AvgIpc) is 2.44. The summed E-state index contributed by atoms with van der Waals surface area (Å²) in [5.41, 5.74) is 0.653. The van der Waals surface area contributed by atoms with Crippen molar-refractivity contribution in [2.45, 2.75) is 26.4 Å². The number of phenols is 1. The Morgan fingerprint density at radius 3 is 2.38 bits per heavy atom. The summed E-state index contributed by atoms with van der Waals surface area (Å²) in [5, 5.41) is 9.54. The number of hydrogen-bond donors (Lipinski definition) is 1. The number of esters is 2. The Hall–Kier alpha value is -2.24. The molecule has 1 atom stereocenters. The Kier molecular flexibility index (Phi) is 6.02. The number of rotatable bonds is 6. The Labute approximate surface area is 123 Å². The molecule has 0 spiro atoms. The van der Waals surface area contributed by atoms with Crippen LogP contribution in [0.4, 0.5) is 0 Å². The summed E-state index contributed by atoms with van der Waals surface area (Å²) in [4.78, 5) is 23.7. The summed E-state index contributed by atoms with van der Waals surface area (Å²) in [6.07, 6.45) is -0.214. The van der Waals surface area contributed by atoms with E-state index in [0.717, 1.165) is 0 Å². The lowest BCUT2D eigenvalue weighted by molar-refractivity contribution is -0.162. The first kappa shape index (κ1) is 16.8. The van der Waals surface area contributed by atoms with Crippen LogP contribution in [0.2, 0.25) is 0 Å². The highest BCUT2D eigenvalue weighted by molar-refractivity contribution is 5.95. The summed E-state index contributed by atoms with van der Waals surface area (Å²) >= 11 is 0. The van der Waals surface area contributed by atoms with Gasteiger partial charge in [0.1, 0.15) is 0 Å². The fourth-order valence-electron chi connectivity index (χ4n) is 1.80. The zero-order valence-corrected chi connectivity index (χ0v) is 12.6. The minimum absolute atomic E-state index is 0.0133. The van der Waals surface area contributed by atoms with E-state index in [-0.39, 0.29) is 24.0 Å². The zero-order valence-electron chi connectivity index (χ0n) is 12.6. The van der Waals surface area contributed by atoms with Crippen LogP contribution in [0.15, 0.2) is 18.2 Å². The van der Waals surface area contributed by atoms with Crippen LogP contribution in [0.3, 0.4) is 0 Å². The van der Waals surface area contributed by atoms with Crippen molar-refractivity contribution in [3.63, 3.8) is 0 Å². The Morgan fingerprint density at radius 1 is 1.19 bits per heavy atom. The lowest BCUT2D eigenvalue weighted by Crippen LogP contribution is -2.30. The predicted molar refractivity (Wildman–Crippen MR) is 75.1 cm³/mol. The second kappa shape index (κ2) is 7.52. The molecule has 1 aromatic carbocycles. The summed E-state index contributed by atoms with van der Waals surface area (Å²) in [6, 6.07) is 4.61. The summed E-state index contributed by atoms with van der Waals surface area (Å²) in [7, 11) is 2.64. The molecule has 6 heteroatoms. The highest BCUT2D eigenvalue weighted by Gasteiger charge is 2.30. The number of hydrogen-bond acceptors (Lipinski definition) is 6. The van der Waals surface area contributed by atoms with Gasteiger partial charge in [-0.2, -0.15) is 0 Å². The normalized spacial score (nSPS) is 11.9. The van der Waals surface area contributed by atoms with E-state index in [1.807, 2.05) is 0 Å². The van der Waals surface area contributed by atoms with Gasteiger partial charge in [-0.1, -0.05) is 6.07 Å². The SMILES string of the molecule is COC(=O)C(Cc1ccc(O)c(OC)c1)C(=O)OC(C)C. The third kappa shape index (κ3) is 4.66. The minimum atomic E-state index is -1.05. The molecule has 6 nitrogen and oxygen atoms in total. The molecule has 0 heterocycles. The van der Waals surface area contributed by atoms with Gasteiger partial charge in [0.15, 0.2) is 17.4 Å². The van der Waals surface area contributed by atoms with Crippen LogP contribution in [0.1, 0.15) is 19.4 Å². The quantitative estimate of drug-likeness (QED) is 0.635. The van der Waals surface area contributed by atoms with Crippen LogP contribution >= 0.6 is 0 Å². The van der Waals surface area contributed by atoms with Crippen molar-refractivity contribution in [3.8, 4) is 11.5 Å². The molecule has 1 unspecified atom stereocenters. The van der Waals surface area contributed by atoms with Gasteiger partial charge >= 0.3 is 11.9 Å². The standard InChI is InChI=1S/C15H20O6/c1-9(2)21-15(18)11(14(17)20-4)7-10-5-6-12(16)13(8-10)19-3/h5-6,8-9,11,16H,7H2,1-4H3. The van der Waals surface area contributed by atoms with Crippen LogP contribution in [0.25, 0.3) is 0 Å². The number of carbonyl (C=O) groups excluding carboxylic acids is 2. The zero-order chi connectivity index (χ0) is 16.0. The summed E-state index contributed by atoms with van der Waals surface area (Å²) in [5.74, 6) is -2.09. The van der Waals surface area contributed by atoms with E-state index in [1.165, 1.54) is 20.3 Å². The van der Waals surface area contributed by atoms with Gasteiger partial charge in [-0.3, -0.25) is 9.59 Å². The molecule has 1 aromatic rings. The van der Waals surface area contributed by atoms with Gasteiger partial charge in [-0.15, -0.1) is 0 Å². The predicted octanol–water partition coefficient (Wildman–Crippen LogP) is 1.68. The molecule has 21 heavy (non-hydrogen) atoms. The first-order valence-electron chi connectivity index (χ1n) is 6.53. The van der Waals surface area contributed by atoms with E-state index in [9.17, 15) is 14.7 Å². The third-order valence-corrected chi connectivity index (χ3v) is 2.81. The van der Waals surface area contributed by atoms with Gasteiger partial charge in [-0.25, -0.2) is 0 Å². The highest BCUT2D eigenvalue weighted by atomic mass is 16.6. The van der Waals surface area contributed by atoms with Crippen LogP contribution in [0.5, 0.6) is 11.5 Å². The van der Waals surface area contributed by atoms with Crippen LogP contribution in [-0.4, -0.2) is 37.4 Å². The highest BCUT2D eigenvalue weighted by Crippen LogP contribution is 2.27. The van der Waals surface area contributed by atoms with Crippen LogP contribution in [0, 0.1) is 5.92 Å². The topological polar surface area (TPSA) is 82.1 Å². The van der Waals surface area contributed by atoms with Gasteiger partial charge in [-0.05, 0) is 38.0 Å². The summed E-state index contributed by atoms with van der Waals surface area (Å²) in [6.45, 7) is 3.41. The molecule has 0 aliphatic heterocycles. The largest absolute Gasteiger partial charge is 0.504 e. The van der Waals surface area contributed by atoms with Gasteiger partial charge < -0.3 is 19.3 Å². The van der Waals surface area contributed by atoms with Crippen molar-refractivity contribution < 1.29 is 28.9 Å². The van der Waals surface area contributed by atoms with Crippen molar-refractivity contribution in [2.75, 3.05) is 14.2 Å². The second-order valence-electron chi connectivity index (χ2n) is 4.77. The average molecular weight is 296 g/mol. The Balaban J connectivity index is 2.96. The van der Waals surface area contributed by atoms with Gasteiger partial charge in [0.2, 0.25) is 0 Å². The lowest BCUT2D eigenvalue weighted by atomic mass is 9.99. The maximum atomic E-state index is 12.0. The fraction of sp³-hybridized carbons (Fsp3) is 0.467. The first-order chi connectivity index (χ1) is 9.88. The van der Waals surface area contributed by atoms with E-state index >= 15 is 0 Å². The number of methoxy groups -OCH3 is 2. The number of ether oxygens (including phenoxy) is 3. The smallest absolute Gasteiger partial charge is 0.320 e. The van der Waals surface area contributed by atoms with Crippen molar-refractivity contribution in [2.24, 2.45) is 5.92 Å². The van der Waals surface area contributed by atoms with Gasteiger partial charge in [0.25, 0.3) is 0 Å². The van der Waals surface area contributed by atoms with Crippen molar-refractivity contribution >= 4 is 11.9 Å². The number of benzene rings is 1. The molecule has 1 rings (SSSR count). The molecule has 0 bridgehead atoms. The van der Waals surface area contributed by atoms with Crippen molar-refractivity contribution in [1.29, 1.82) is 0 Å². The van der Waals surface area contributed by atoms with E-state index < -0.39 is 17.9 Å². The molecule has 0 saturated carbocycles. The molecule has 0 aromatic heterocycles. The monoisotopic (exact) mass is 296 g/mol. The van der Waals surface area contributed by atoms with Gasteiger partial charge in [0.05, 0.1) is 20.3 Å². The molecular formula is C15H20O6. The fourth-order valence-corrected chi connectivity index (χ4v) is 1.80. The Morgan fingerprint density at radius 2 is 1.86 bits per heavy atom. The molecule has 0 saturated heterocycles. The number of aromatic hydroxyl groups is 1. The molecule has 0 fully saturated rings. The van der Waals surface area contributed by atoms with E-state index in [1.54, 1.807) is 26.0 Å². The molecule has 0 radical (unpaired) electrons. The second-order valence-corrected chi connectivity index (χ2v) is 4.77. The third-order valence-electron chi connectivity index (χ3n) is 2.81. The molecule has 0 aliphatic carbocycles. The van der Waals surface area contributed by atoms with E-state index in [2.05, 4.69) is 4.74 Å². The molecule has 116 valence electrons. The maximum absolute atomic E-state index is 12.0. The van der Waals surface area contributed by atoms with E-state index in [4.69, 9.17) is 9.47 Å². The maximum Gasteiger partial charge on any atom is 0.320 e. The number of carbonyl (C=O) groups is 2. The van der Waals surface area contributed by atoms with E-state index in [0.29, 0.717) is 5.56 Å². The lowest BCUT2D eigenvalue weighted by Gasteiger charge is -2.16. The van der Waals surface area contributed by atoms with Crippen LogP contribution in [-0.2, 0) is 25.5 Å². The molecule has 0 amide bonds. The number of phenolic OH excluding ortho intramolecular Hbond substituents is 1. The summed E-state index contributed by atoms with van der Waals surface area (Å²) < 4.78 is 14.7. The minimum Gasteiger partial charge on any atom is -0.504 e. The Bertz CT molecular complexity index is 509. The van der Waals surface area contributed by atoms with Gasteiger partial charge in [0, 0.05) is 0 Å². The molecule has 1 N–H and O–H groups in total. The van der Waals surface area contributed by atoms with Crippen molar-refractivity contribution in [3.05, 3.63) is 23.8 Å².